The van der Waals surface area contributed by atoms with Crippen molar-refractivity contribution in [3.8, 4) is 0 Å². The summed E-state index contributed by atoms with van der Waals surface area (Å²) < 4.78 is 0. The minimum Gasteiger partial charge on any atom is -0.354 e. The van der Waals surface area contributed by atoms with Crippen LogP contribution in [0.4, 0.5) is 0 Å². The lowest BCUT2D eigenvalue weighted by Gasteiger charge is -2.12. The normalized spacial score (nSPS) is 11.4. The maximum absolute atomic E-state index is 12.7. The Morgan fingerprint density at radius 3 is 1.90 bits per heavy atom. The van der Waals surface area contributed by atoms with Gasteiger partial charge in [-0.25, -0.2) is 0 Å². The van der Waals surface area contributed by atoms with E-state index in [1.54, 1.807) is 37.4 Å². The first-order chi connectivity index (χ1) is 14.2. The Hall–Kier alpha value is -3.92. The van der Waals surface area contributed by atoms with E-state index < -0.39 is 0 Å². The largest absolute Gasteiger partial charge is 0.354 e. The molecule has 142 valence electrons. The number of amides is 2. The molecule has 2 amide bonds. The molecule has 0 saturated carbocycles. The Morgan fingerprint density at radius 1 is 0.759 bits per heavy atom. The Labute approximate surface area is 168 Å². The molecule has 29 heavy (non-hydrogen) atoms. The van der Waals surface area contributed by atoms with Gasteiger partial charge < -0.3 is 10.6 Å². The van der Waals surface area contributed by atoms with Crippen LogP contribution >= 0.6 is 0 Å². The minimum atomic E-state index is -0.355. The van der Waals surface area contributed by atoms with Gasteiger partial charge in [0.15, 0.2) is 0 Å². The minimum absolute atomic E-state index is 0.197. The summed E-state index contributed by atoms with van der Waals surface area (Å²) in [6.07, 6.45) is 1.75. The predicted molar refractivity (Wildman–Crippen MR) is 117 cm³/mol. The first-order valence-electron chi connectivity index (χ1n) is 9.38. The summed E-state index contributed by atoms with van der Waals surface area (Å²) in [6.45, 7) is 0. The highest BCUT2D eigenvalue weighted by molar-refractivity contribution is 6.11. The smallest absolute Gasteiger partial charge is 0.267 e. The number of carbonyl (C=O) groups is 2. The molecule has 2 N–H and O–H groups in total. The molecule has 4 aromatic rings. The van der Waals surface area contributed by atoms with Crippen molar-refractivity contribution in [2.24, 2.45) is 0 Å². The van der Waals surface area contributed by atoms with Gasteiger partial charge in [0.05, 0.1) is 0 Å². The highest BCUT2D eigenvalue weighted by Crippen LogP contribution is 2.30. The Morgan fingerprint density at radius 2 is 1.31 bits per heavy atom. The molecule has 0 fully saturated rings. The lowest BCUT2D eigenvalue weighted by atomic mass is 9.96. The third-order valence-electron chi connectivity index (χ3n) is 4.86. The third kappa shape index (κ3) is 3.73. The van der Waals surface area contributed by atoms with E-state index in [-0.39, 0.29) is 17.5 Å². The number of nitrogens with one attached hydrogen (secondary N) is 2. The van der Waals surface area contributed by atoms with Crippen LogP contribution in [0.5, 0.6) is 0 Å². The number of likely N-dealkylation sites (N-methyl/N-ethyl adjacent to an activating group) is 1. The maximum Gasteiger partial charge on any atom is 0.267 e. The van der Waals surface area contributed by atoms with E-state index in [0.29, 0.717) is 5.56 Å². The molecule has 0 unspecified atom stereocenters. The average Bonchev–Trinajstić information content (AvgIpc) is 2.78. The number of fused-ring (bicyclic) bond motifs is 2. The second kappa shape index (κ2) is 7.98. The van der Waals surface area contributed by atoms with Gasteiger partial charge in [-0.1, -0.05) is 66.7 Å². The number of rotatable bonds is 4. The predicted octanol–water partition coefficient (Wildman–Crippen LogP) is 4.51. The topological polar surface area (TPSA) is 58.2 Å². The van der Waals surface area contributed by atoms with E-state index in [0.717, 1.165) is 27.1 Å². The van der Waals surface area contributed by atoms with Gasteiger partial charge >= 0.3 is 0 Å². The number of hydrogen-bond donors (Lipinski definition) is 2. The Bertz CT molecular complexity index is 1190. The van der Waals surface area contributed by atoms with Crippen LogP contribution in [-0.2, 0) is 4.79 Å². The number of carbonyl (C=O) groups excluding carboxylic acids is 2. The number of hydrogen-bond acceptors (Lipinski definition) is 2. The lowest BCUT2D eigenvalue weighted by Crippen LogP contribution is -2.33. The number of benzene rings is 4. The SMILES string of the molecule is CNC(=O)C(=Cc1c2ccccc2cc2ccccc12)NC(=O)c1ccccc1. The molecule has 0 spiro atoms. The van der Waals surface area contributed by atoms with Crippen molar-refractivity contribution in [2.45, 2.75) is 0 Å². The summed E-state index contributed by atoms with van der Waals surface area (Å²) in [6, 6.07) is 27.0. The third-order valence-corrected chi connectivity index (χ3v) is 4.86. The monoisotopic (exact) mass is 380 g/mol. The van der Waals surface area contributed by atoms with Gasteiger partial charge in [-0.15, -0.1) is 0 Å². The zero-order chi connectivity index (χ0) is 20.2. The molecule has 0 aliphatic carbocycles. The van der Waals surface area contributed by atoms with Gasteiger partial charge in [0.2, 0.25) is 0 Å². The van der Waals surface area contributed by atoms with E-state index in [9.17, 15) is 9.59 Å². The van der Waals surface area contributed by atoms with Gasteiger partial charge in [0.25, 0.3) is 11.8 Å². The van der Waals surface area contributed by atoms with Crippen LogP contribution in [0.3, 0.4) is 0 Å². The van der Waals surface area contributed by atoms with Crippen molar-refractivity contribution >= 4 is 39.4 Å². The van der Waals surface area contributed by atoms with E-state index >= 15 is 0 Å². The van der Waals surface area contributed by atoms with Crippen LogP contribution < -0.4 is 10.6 Å². The fourth-order valence-corrected chi connectivity index (χ4v) is 3.43. The lowest BCUT2D eigenvalue weighted by molar-refractivity contribution is -0.117. The summed E-state index contributed by atoms with van der Waals surface area (Å²) in [4.78, 5) is 25.2. The van der Waals surface area contributed by atoms with Crippen LogP contribution in [0.25, 0.3) is 27.6 Å². The highest BCUT2D eigenvalue weighted by Gasteiger charge is 2.15. The quantitative estimate of drug-likeness (QED) is 0.404. The Kier molecular flexibility index (Phi) is 5.08. The van der Waals surface area contributed by atoms with Crippen molar-refractivity contribution in [2.75, 3.05) is 7.05 Å². The molecule has 0 bridgehead atoms. The zero-order valence-corrected chi connectivity index (χ0v) is 16.0. The van der Waals surface area contributed by atoms with Crippen LogP contribution in [0.1, 0.15) is 15.9 Å². The molecule has 4 nitrogen and oxygen atoms in total. The van der Waals surface area contributed by atoms with Crippen molar-refractivity contribution in [3.05, 3.63) is 102 Å². The molecule has 4 aromatic carbocycles. The molecule has 0 atom stereocenters. The van der Waals surface area contributed by atoms with Gasteiger partial charge in [0, 0.05) is 12.6 Å². The van der Waals surface area contributed by atoms with Crippen LogP contribution in [0.15, 0.2) is 90.6 Å². The standard InChI is InChI=1S/C25H20N2O2/c1-26-25(29)23(27-24(28)17-9-3-2-4-10-17)16-22-20-13-7-5-11-18(20)15-19-12-6-8-14-21(19)22/h2-16H,1H3,(H,26,29)(H,27,28). The summed E-state index contributed by atoms with van der Waals surface area (Å²) in [5.41, 5.74) is 1.58. The summed E-state index contributed by atoms with van der Waals surface area (Å²) in [5.74, 6) is -0.684. The summed E-state index contributed by atoms with van der Waals surface area (Å²) in [7, 11) is 1.55. The van der Waals surface area contributed by atoms with Gasteiger partial charge in [0.1, 0.15) is 5.70 Å². The van der Waals surface area contributed by atoms with Crippen LogP contribution in [-0.4, -0.2) is 18.9 Å². The zero-order valence-electron chi connectivity index (χ0n) is 16.0. The van der Waals surface area contributed by atoms with Crippen molar-refractivity contribution in [3.63, 3.8) is 0 Å². The first-order valence-corrected chi connectivity index (χ1v) is 9.38. The molecule has 0 aliphatic rings. The van der Waals surface area contributed by atoms with Crippen LogP contribution in [0.2, 0.25) is 0 Å². The molecule has 4 heteroatoms. The molecule has 0 heterocycles. The van der Waals surface area contributed by atoms with Crippen molar-refractivity contribution in [1.29, 1.82) is 0 Å². The fourth-order valence-electron chi connectivity index (χ4n) is 3.43. The van der Waals surface area contributed by atoms with Gasteiger partial charge in [-0.2, -0.15) is 0 Å². The molecular weight excluding hydrogens is 360 g/mol. The first kappa shape index (κ1) is 18.4. The van der Waals surface area contributed by atoms with E-state index in [2.05, 4.69) is 16.7 Å². The summed E-state index contributed by atoms with van der Waals surface area (Å²) >= 11 is 0. The molecule has 0 saturated heterocycles. The second-order valence-corrected chi connectivity index (χ2v) is 6.69. The fraction of sp³-hybridized carbons (Fsp3) is 0.0400. The molecule has 0 aromatic heterocycles. The second-order valence-electron chi connectivity index (χ2n) is 6.69. The maximum atomic E-state index is 12.7. The molecule has 0 radical (unpaired) electrons. The van der Waals surface area contributed by atoms with Gasteiger partial charge in [-0.3, -0.25) is 9.59 Å². The van der Waals surface area contributed by atoms with E-state index in [4.69, 9.17) is 0 Å². The van der Waals surface area contributed by atoms with E-state index in [1.165, 1.54) is 0 Å². The van der Waals surface area contributed by atoms with Gasteiger partial charge in [-0.05, 0) is 51.4 Å². The van der Waals surface area contributed by atoms with Crippen molar-refractivity contribution in [1.82, 2.24) is 10.6 Å². The molecular formula is C25H20N2O2. The molecule has 4 rings (SSSR count). The Balaban J connectivity index is 1.88. The van der Waals surface area contributed by atoms with Crippen LogP contribution in [0, 0.1) is 0 Å². The highest BCUT2D eigenvalue weighted by atomic mass is 16.2. The average molecular weight is 380 g/mol. The van der Waals surface area contributed by atoms with E-state index in [1.807, 2.05) is 54.6 Å². The molecule has 0 aliphatic heterocycles. The summed E-state index contributed by atoms with van der Waals surface area (Å²) in [5, 5.41) is 9.56. The van der Waals surface area contributed by atoms with Crippen molar-refractivity contribution < 1.29 is 9.59 Å².